The molecule has 1 unspecified atom stereocenters. The summed E-state index contributed by atoms with van der Waals surface area (Å²) < 4.78 is 0. The van der Waals surface area contributed by atoms with Gasteiger partial charge < -0.3 is 11.1 Å². The summed E-state index contributed by atoms with van der Waals surface area (Å²) in [5.41, 5.74) is 7.52. The number of carbonyl (C=O) groups excluding carboxylic acids is 1. The number of benzene rings is 1. The monoisotopic (exact) mass is 327 g/mol. The van der Waals surface area contributed by atoms with Gasteiger partial charge >= 0.3 is 0 Å². The molecule has 2 aromatic rings. The van der Waals surface area contributed by atoms with Gasteiger partial charge in [-0.3, -0.25) is 9.78 Å². The second-order valence-corrected chi connectivity index (χ2v) is 5.12. The molecule has 3 N–H and O–H groups in total. The Bertz CT molecular complexity index is 617. The standard InChI is InChI=1S/C15H17N3O.2ClH/c16-13(10-3-4-10)9-18-15(19)12-5-6-14-11(8-12)2-1-7-17-14;;/h1-2,5-8,10,13H,3-4,9,16H2,(H,18,19);2*1H. The maximum absolute atomic E-state index is 12.0. The third-order valence-corrected chi connectivity index (χ3v) is 3.59. The smallest absolute Gasteiger partial charge is 0.251 e. The molecule has 1 fully saturated rings. The molecule has 1 amide bonds. The highest BCUT2D eigenvalue weighted by Gasteiger charge is 2.28. The predicted octanol–water partition coefficient (Wildman–Crippen LogP) is 2.55. The predicted molar refractivity (Wildman–Crippen MR) is 89.3 cm³/mol. The Kier molecular flexibility index (Phi) is 6.40. The Labute approximate surface area is 136 Å². The molecule has 0 aliphatic heterocycles. The van der Waals surface area contributed by atoms with Gasteiger partial charge in [0, 0.05) is 29.7 Å². The van der Waals surface area contributed by atoms with Crippen LogP contribution in [0.4, 0.5) is 0 Å². The van der Waals surface area contributed by atoms with Gasteiger partial charge in [-0.2, -0.15) is 0 Å². The van der Waals surface area contributed by atoms with Gasteiger partial charge in [-0.05, 0) is 43.0 Å². The molecular formula is C15H19Cl2N3O. The van der Waals surface area contributed by atoms with Crippen LogP contribution in [0.1, 0.15) is 23.2 Å². The first-order valence-corrected chi connectivity index (χ1v) is 6.62. The Hall–Kier alpha value is -1.36. The second-order valence-electron chi connectivity index (χ2n) is 5.12. The number of nitrogens with zero attached hydrogens (tertiary/aromatic N) is 1. The molecule has 1 saturated carbocycles. The lowest BCUT2D eigenvalue weighted by atomic mass is 10.1. The molecule has 0 spiro atoms. The number of amides is 1. The highest BCUT2D eigenvalue weighted by molar-refractivity contribution is 5.97. The Morgan fingerprint density at radius 3 is 2.81 bits per heavy atom. The lowest BCUT2D eigenvalue weighted by Gasteiger charge is -2.11. The second kappa shape index (κ2) is 7.59. The number of rotatable bonds is 4. The van der Waals surface area contributed by atoms with Crippen molar-refractivity contribution in [2.45, 2.75) is 18.9 Å². The van der Waals surface area contributed by atoms with Gasteiger partial charge in [0.1, 0.15) is 0 Å². The van der Waals surface area contributed by atoms with Crippen molar-refractivity contribution in [1.29, 1.82) is 0 Å². The minimum absolute atomic E-state index is 0. The van der Waals surface area contributed by atoms with Crippen LogP contribution in [0.2, 0.25) is 0 Å². The number of carbonyl (C=O) groups is 1. The normalized spacial score (nSPS) is 14.7. The lowest BCUT2D eigenvalue weighted by Crippen LogP contribution is -2.38. The van der Waals surface area contributed by atoms with Crippen LogP contribution in [0, 0.1) is 5.92 Å². The molecule has 1 atom stereocenters. The average Bonchev–Trinajstić information content (AvgIpc) is 3.28. The largest absolute Gasteiger partial charge is 0.350 e. The van der Waals surface area contributed by atoms with Crippen molar-refractivity contribution >= 4 is 41.6 Å². The van der Waals surface area contributed by atoms with E-state index in [9.17, 15) is 4.79 Å². The summed E-state index contributed by atoms with van der Waals surface area (Å²) in [7, 11) is 0. The van der Waals surface area contributed by atoms with Gasteiger partial charge in [0.05, 0.1) is 5.52 Å². The highest BCUT2D eigenvalue weighted by Crippen LogP contribution is 2.31. The molecule has 0 bridgehead atoms. The minimum Gasteiger partial charge on any atom is -0.350 e. The number of hydrogen-bond acceptors (Lipinski definition) is 3. The van der Waals surface area contributed by atoms with Crippen LogP contribution in [0.25, 0.3) is 10.9 Å². The van der Waals surface area contributed by atoms with E-state index in [4.69, 9.17) is 5.73 Å². The molecule has 114 valence electrons. The van der Waals surface area contributed by atoms with Crippen LogP contribution >= 0.6 is 24.8 Å². The van der Waals surface area contributed by atoms with Crippen LogP contribution in [0.5, 0.6) is 0 Å². The van der Waals surface area contributed by atoms with E-state index in [2.05, 4.69) is 10.3 Å². The molecule has 21 heavy (non-hydrogen) atoms. The summed E-state index contributed by atoms with van der Waals surface area (Å²) in [5, 5.41) is 3.87. The third kappa shape index (κ3) is 4.30. The minimum atomic E-state index is -0.0677. The molecule has 1 aliphatic carbocycles. The van der Waals surface area contributed by atoms with Crippen LogP contribution in [0.15, 0.2) is 36.5 Å². The van der Waals surface area contributed by atoms with E-state index in [1.165, 1.54) is 12.8 Å². The lowest BCUT2D eigenvalue weighted by molar-refractivity contribution is 0.0950. The van der Waals surface area contributed by atoms with Gasteiger partial charge in [0.25, 0.3) is 5.91 Å². The molecule has 0 radical (unpaired) electrons. The van der Waals surface area contributed by atoms with Crippen molar-refractivity contribution in [2.75, 3.05) is 6.54 Å². The van der Waals surface area contributed by atoms with Gasteiger partial charge in [0.2, 0.25) is 0 Å². The number of nitrogens with one attached hydrogen (secondary N) is 1. The van der Waals surface area contributed by atoms with E-state index in [1.807, 2.05) is 24.3 Å². The third-order valence-electron chi connectivity index (χ3n) is 3.59. The van der Waals surface area contributed by atoms with E-state index in [0.29, 0.717) is 18.0 Å². The number of fused-ring (bicyclic) bond motifs is 1. The molecule has 6 heteroatoms. The van der Waals surface area contributed by atoms with Crippen LogP contribution in [0.3, 0.4) is 0 Å². The van der Waals surface area contributed by atoms with Crippen LogP contribution in [-0.2, 0) is 0 Å². The zero-order valence-electron chi connectivity index (χ0n) is 11.5. The summed E-state index contributed by atoms with van der Waals surface area (Å²) >= 11 is 0. The Balaban J connectivity index is 0.00000110. The topological polar surface area (TPSA) is 68.0 Å². The first-order chi connectivity index (χ1) is 9.24. The van der Waals surface area contributed by atoms with Crippen molar-refractivity contribution < 1.29 is 4.79 Å². The molecule has 0 saturated heterocycles. The zero-order chi connectivity index (χ0) is 13.2. The van der Waals surface area contributed by atoms with E-state index in [1.54, 1.807) is 12.3 Å². The van der Waals surface area contributed by atoms with Crippen LogP contribution in [-0.4, -0.2) is 23.5 Å². The number of hydrogen-bond donors (Lipinski definition) is 2. The zero-order valence-corrected chi connectivity index (χ0v) is 13.1. The van der Waals surface area contributed by atoms with E-state index in [-0.39, 0.29) is 36.8 Å². The van der Waals surface area contributed by atoms with Gasteiger partial charge in [-0.15, -0.1) is 24.8 Å². The van der Waals surface area contributed by atoms with Crippen molar-refractivity contribution in [3.05, 3.63) is 42.1 Å². The van der Waals surface area contributed by atoms with Gasteiger partial charge in [0.15, 0.2) is 0 Å². The maximum Gasteiger partial charge on any atom is 0.251 e. The summed E-state index contributed by atoms with van der Waals surface area (Å²) in [6, 6.07) is 9.44. The average molecular weight is 328 g/mol. The molecule has 1 aromatic heterocycles. The number of aromatic nitrogens is 1. The van der Waals surface area contributed by atoms with E-state index in [0.717, 1.165) is 10.9 Å². The summed E-state index contributed by atoms with van der Waals surface area (Å²) in [6.07, 6.45) is 4.13. The van der Waals surface area contributed by atoms with Gasteiger partial charge in [-0.1, -0.05) is 6.07 Å². The van der Waals surface area contributed by atoms with Crippen molar-refractivity contribution in [2.24, 2.45) is 11.7 Å². The quantitative estimate of drug-likeness (QED) is 0.906. The van der Waals surface area contributed by atoms with Crippen molar-refractivity contribution in [3.8, 4) is 0 Å². The molecule has 3 rings (SSSR count). The highest BCUT2D eigenvalue weighted by atomic mass is 35.5. The summed E-state index contributed by atoms with van der Waals surface area (Å²) in [5.74, 6) is 0.531. The fourth-order valence-corrected chi connectivity index (χ4v) is 2.22. The molecule has 4 nitrogen and oxygen atoms in total. The first kappa shape index (κ1) is 17.7. The van der Waals surface area contributed by atoms with E-state index >= 15 is 0 Å². The molecule has 1 heterocycles. The number of pyridine rings is 1. The van der Waals surface area contributed by atoms with Crippen LogP contribution < -0.4 is 11.1 Å². The Morgan fingerprint density at radius 1 is 1.33 bits per heavy atom. The molecule has 1 aliphatic rings. The van der Waals surface area contributed by atoms with Crippen molar-refractivity contribution in [3.63, 3.8) is 0 Å². The van der Waals surface area contributed by atoms with Gasteiger partial charge in [-0.25, -0.2) is 0 Å². The van der Waals surface area contributed by atoms with E-state index < -0.39 is 0 Å². The fourth-order valence-electron chi connectivity index (χ4n) is 2.22. The first-order valence-electron chi connectivity index (χ1n) is 6.62. The number of nitrogens with two attached hydrogens (primary N) is 1. The fraction of sp³-hybridized carbons (Fsp3) is 0.333. The summed E-state index contributed by atoms with van der Waals surface area (Å²) in [6.45, 7) is 0.550. The van der Waals surface area contributed by atoms with Crippen molar-refractivity contribution in [1.82, 2.24) is 10.3 Å². The molecular weight excluding hydrogens is 309 g/mol. The number of halogens is 2. The maximum atomic E-state index is 12.0. The molecule has 1 aromatic carbocycles. The SMILES string of the molecule is Cl.Cl.NC(CNC(=O)c1ccc2ncccc2c1)C1CC1. The summed E-state index contributed by atoms with van der Waals surface area (Å²) in [4.78, 5) is 16.3. The Morgan fingerprint density at radius 2 is 2.10 bits per heavy atom.